The van der Waals surface area contributed by atoms with Gasteiger partial charge in [0.25, 0.3) is 0 Å². The summed E-state index contributed by atoms with van der Waals surface area (Å²) in [6.07, 6.45) is 0.780. The maximum absolute atomic E-state index is 13.2. The number of rotatable bonds is 18. The van der Waals surface area contributed by atoms with Crippen LogP contribution in [-0.4, -0.2) is 103 Å². The van der Waals surface area contributed by atoms with Crippen LogP contribution >= 0.6 is 12.6 Å². The number of nitrogens with two attached hydrogens (primary N) is 1. The number of carbonyl (C=O) groups is 5. The van der Waals surface area contributed by atoms with Crippen LogP contribution in [-0.2, 0) is 24.0 Å². The van der Waals surface area contributed by atoms with E-state index in [0.29, 0.717) is 25.1 Å². The molecule has 5 amide bonds. The molecule has 0 aromatic rings. The molecule has 0 heterocycles. The van der Waals surface area contributed by atoms with Crippen molar-refractivity contribution in [1.29, 1.82) is 5.41 Å². The van der Waals surface area contributed by atoms with Crippen LogP contribution in [0.5, 0.6) is 0 Å². The third-order valence-corrected chi connectivity index (χ3v) is 6.04. The third-order valence-electron chi connectivity index (χ3n) is 5.60. The molecule has 0 aromatic heterocycles. The Labute approximate surface area is 234 Å². The molecule has 0 saturated carbocycles. The standard InChI is InChI=1S/C23H45N9O6S/c1-12(2)18(22(38)31-17(10-33)21(37)29-13(3)19(35)26-5)32-20(36)16(7-6-8-27-23(24)25)28-9-15(11-39)30-14(4)34/h12-13,15-18,28,33,39H,6-11H2,1-5H3,(H,26,35)(H,29,37)(H,30,34)(H,31,38)(H,32,36)(H4,24,25,27)/t13-,15+,16-,17-,18-/m0/s1. The number of thiol groups is 1. The summed E-state index contributed by atoms with van der Waals surface area (Å²) < 4.78 is 0. The topological polar surface area (TPSA) is 240 Å². The first-order valence-corrected chi connectivity index (χ1v) is 13.3. The minimum atomic E-state index is -1.34. The van der Waals surface area contributed by atoms with E-state index in [1.807, 2.05) is 0 Å². The smallest absolute Gasteiger partial charge is 0.245 e. The number of likely N-dealkylation sites (N-methyl/N-ethyl adjacent to an activating group) is 1. The van der Waals surface area contributed by atoms with Crippen LogP contribution in [0.1, 0.15) is 40.5 Å². The second-order valence-electron chi connectivity index (χ2n) is 9.34. The van der Waals surface area contributed by atoms with E-state index in [9.17, 15) is 29.1 Å². The fourth-order valence-electron chi connectivity index (χ4n) is 3.43. The lowest BCUT2D eigenvalue weighted by molar-refractivity contribution is -0.135. The molecule has 0 saturated heterocycles. The summed E-state index contributed by atoms with van der Waals surface area (Å²) in [5, 5.41) is 35.3. The Morgan fingerprint density at radius 2 is 1.54 bits per heavy atom. The van der Waals surface area contributed by atoms with E-state index in [-0.39, 0.29) is 30.4 Å². The number of hydrogen-bond acceptors (Lipinski definition) is 9. The van der Waals surface area contributed by atoms with E-state index >= 15 is 0 Å². The minimum Gasteiger partial charge on any atom is -0.394 e. The fraction of sp³-hybridized carbons (Fsp3) is 0.739. The predicted octanol–water partition coefficient (Wildman–Crippen LogP) is -3.49. The number of aliphatic hydroxyl groups excluding tert-OH is 1. The molecule has 0 aromatic carbocycles. The number of nitrogens with one attached hydrogen (secondary N) is 8. The highest BCUT2D eigenvalue weighted by molar-refractivity contribution is 7.80. The van der Waals surface area contributed by atoms with Crippen LogP contribution < -0.4 is 43.0 Å². The highest BCUT2D eigenvalue weighted by Crippen LogP contribution is 2.06. The Morgan fingerprint density at radius 3 is 2.03 bits per heavy atom. The van der Waals surface area contributed by atoms with Crippen LogP contribution in [0.25, 0.3) is 0 Å². The number of amides is 5. The highest BCUT2D eigenvalue weighted by atomic mass is 32.1. The van der Waals surface area contributed by atoms with E-state index in [1.54, 1.807) is 13.8 Å². The summed E-state index contributed by atoms with van der Waals surface area (Å²) in [5.41, 5.74) is 5.30. The number of aliphatic hydroxyl groups is 1. The molecule has 15 nitrogen and oxygen atoms in total. The Hall–Kier alpha value is -3.11. The zero-order valence-electron chi connectivity index (χ0n) is 23.2. The van der Waals surface area contributed by atoms with Crippen molar-refractivity contribution in [2.24, 2.45) is 11.7 Å². The second kappa shape index (κ2) is 19.0. The van der Waals surface area contributed by atoms with Gasteiger partial charge in [-0.1, -0.05) is 13.8 Å². The van der Waals surface area contributed by atoms with Gasteiger partial charge in [0.15, 0.2) is 5.96 Å². The molecule has 0 aliphatic rings. The summed E-state index contributed by atoms with van der Waals surface area (Å²) in [5.74, 6) is -2.90. The molecule has 0 aliphatic heterocycles. The van der Waals surface area contributed by atoms with Gasteiger partial charge in [-0.25, -0.2) is 0 Å². The molecule has 0 aliphatic carbocycles. The molecule has 0 bridgehead atoms. The third kappa shape index (κ3) is 14.6. The van der Waals surface area contributed by atoms with Crippen LogP contribution in [0, 0.1) is 11.3 Å². The molecule has 0 fully saturated rings. The molecule has 224 valence electrons. The maximum Gasteiger partial charge on any atom is 0.245 e. The molecular weight excluding hydrogens is 530 g/mol. The Morgan fingerprint density at radius 1 is 0.923 bits per heavy atom. The quantitative estimate of drug-likeness (QED) is 0.0336. The molecular formula is C23H45N9O6S. The Kier molecular flexibility index (Phi) is 17.5. The SMILES string of the molecule is CNC(=O)[C@H](C)NC(=O)[C@H](CO)NC(=O)[C@@H](NC(=O)[C@H](CCCNC(=N)N)NC[C@H](CS)NC(C)=O)C(C)C. The molecule has 39 heavy (non-hydrogen) atoms. The molecule has 11 N–H and O–H groups in total. The van der Waals surface area contributed by atoms with Gasteiger partial charge in [-0.3, -0.25) is 29.4 Å². The Bertz CT molecular complexity index is 845. The molecule has 0 radical (unpaired) electrons. The van der Waals surface area contributed by atoms with Crippen molar-refractivity contribution in [2.45, 2.75) is 70.7 Å². The van der Waals surface area contributed by atoms with Gasteiger partial charge in [-0.15, -0.1) is 0 Å². The highest BCUT2D eigenvalue weighted by Gasteiger charge is 2.31. The van der Waals surface area contributed by atoms with Gasteiger partial charge in [0.1, 0.15) is 18.1 Å². The zero-order valence-corrected chi connectivity index (χ0v) is 24.1. The van der Waals surface area contributed by atoms with Crippen molar-refractivity contribution in [3.8, 4) is 0 Å². The monoisotopic (exact) mass is 575 g/mol. The van der Waals surface area contributed by atoms with Gasteiger partial charge in [0, 0.05) is 32.8 Å². The number of carbonyl (C=O) groups excluding carboxylic acids is 5. The maximum atomic E-state index is 13.2. The zero-order chi connectivity index (χ0) is 30.1. The number of guanidine groups is 1. The lowest BCUT2D eigenvalue weighted by atomic mass is 10.0. The van der Waals surface area contributed by atoms with Gasteiger partial charge < -0.3 is 48.1 Å². The first-order valence-electron chi connectivity index (χ1n) is 12.7. The van der Waals surface area contributed by atoms with Gasteiger partial charge in [0.05, 0.1) is 18.7 Å². The van der Waals surface area contributed by atoms with E-state index in [2.05, 4.69) is 49.8 Å². The summed E-state index contributed by atoms with van der Waals surface area (Å²) in [6.45, 7) is 6.09. The lowest BCUT2D eigenvalue weighted by Gasteiger charge is -2.28. The van der Waals surface area contributed by atoms with Crippen LogP contribution in [0.2, 0.25) is 0 Å². The molecule has 0 spiro atoms. The van der Waals surface area contributed by atoms with E-state index in [4.69, 9.17) is 11.1 Å². The summed E-state index contributed by atoms with van der Waals surface area (Å²) in [6, 6.07) is -4.40. The van der Waals surface area contributed by atoms with Crippen LogP contribution in [0.3, 0.4) is 0 Å². The van der Waals surface area contributed by atoms with Crippen molar-refractivity contribution >= 4 is 48.1 Å². The fourth-order valence-corrected chi connectivity index (χ4v) is 3.65. The van der Waals surface area contributed by atoms with E-state index in [1.165, 1.54) is 20.9 Å². The van der Waals surface area contributed by atoms with Crippen molar-refractivity contribution in [2.75, 3.05) is 32.5 Å². The van der Waals surface area contributed by atoms with Gasteiger partial charge >= 0.3 is 0 Å². The van der Waals surface area contributed by atoms with Crippen LogP contribution in [0.15, 0.2) is 0 Å². The first-order chi connectivity index (χ1) is 18.3. The van der Waals surface area contributed by atoms with Gasteiger partial charge in [0.2, 0.25) is 29.5 Å². The normalized spacial score (nSPS) is 14.7. The first kappa shape index (κ1) is 35.9. The molecule has 0 rings (SSSR count). The summed E-state index contributed by atoms with van der Waals surface area (Å²) in [4.78, 5) is 61.9. The van der Waals surface area contributed by atoms with Crippen molar-refractivity contribution in [3.05, 3.63) is 0 Å². The van der Waals surface area contributed by atoms with Crippen molar-refractivity contribution in [3.63, 3.8) is 0 Å². The second-order valence-corrected chi connectivity index (χ2v) is 9.71. The number of hydrogen-bond donors (Lipinski definition) is 11. The molecule has 0 unspecified atom stereocenters. The van der Waals surface area contributed by atoms with Gasteiger partial charge in [-0.2, -0.15) is 12.6 Å². The van der Waals surface area contributed by atoms with Crippen molar-refractivity contribution in [1.82, 2.24) is 37.2 Å². The average molecular weight is 576 g/mol. The van der Waals surface area contributed by atoms with Crippen LogP contribution in [0.4, 0.5) is 0 Å². The van der Waals surface area contributed by atoms with Gasteiger partial charge in [-0.05, 0) is 25.7 Å². The predicted molar refractivity (Wildman–Crippen MR) is 150 cm³/mol. The van der Waals surface area contributed by atoms with E-state index < -0.39 is 54.4 Å². The van der Waals surface area contributed by atoms with E-state index in [0.717, 1.165) is 0 Å². The summed E-state index contributed by atoms with van der Waals surface area (Å²) in [7, 11) is 1.41. The minimum absolute atomic E-state index is 0.200. The van der Waals surface area contributed by atoms with Crippen molar-refractivity contribution < 1.29 is 29.1 Å². The molecule has 16 heteroatoms. The summed E-state index contributed by atoms with van der Waals surface area (Å²) >= 11 is 4.23. The average Bonchev–Trinajstić information content (AvgIpc) is 2.87. The Balaban J connectivity index is 5.48. The lowest BCUT2D eigenvalue weighted by Crippen LogP contribution is -2.60. The molecule has 5 atom stereocenters. The largest absolute Gasteiger partial charge is 0.394 e.